The molecule has 1 fully saturated rings. The van der Waals surface area contributed by atoms with Crippen molar-refractivity contribution in [1.29, 1.82) is 0 Å². The number of anilines is 1. The van der Waals surface area contributed by atoms with E-state index in [0.29, 0.717) is 25.0 Å². The van der Waals surface area contributed by atoms with Crippen LogP contribution >= 0.6 is 0 Å². The molecule has 33 heavy (non-hydrogen) atoms. The van der Waals surface area contributed by atoms with Crippen LogP contribution in [0.5, 0.6) is 0 Å². The molecule has 0 radical (unpaired) electrons. The second kappa shape index (κ2) is 8.75. The lowest BCUT2D eigenvalue weighted by molar-refractivity contribution is -0.137. The van der Waals surface area contributed by atoms with Crippen LogP contribution in [-0.4, -0.2) is 49.1 Å². The Hall–Kier alpha value is -2.98. The van der Waals surface area contributed by atoms with Crippen LogP contribution in [0.1, 0.15) is 16.7 Å². The van der Waals surface area contributed by atoms with Crippen LogP contribution < -0.4 is 4.90 Å². The van der Waals surface area contributed by atoms with E-state index in [1.807, 2.05) is 43.0 Å². The van der Waals surface area contributed by atoms with E-state index in [2.05, 4.69) is 16.3 Å². The first-order valence-corrected chi connectivity index (χ1v) is 11.8. The molecular formula is C23H23F3N4O2S. The molecule has 0 aliphatic carbocycles. The molecule has 174 valence electrons. The summed E-state index contributed by atoms with van der Waals surface area (Å²) in [6, 6.07) is 13.6. The Morgan fingerprint density at radius 1 is 0.848 bits per heavy atom. The number of halogens is 3. The normalized spacial score (nSPS) is 15.6. The van der Waals surface area contributed by atoms with Crippen molar-refractivity contribution < 1.29 is 21.6 Å². The van der Waals surface area contributed by atoms with Gasteiger partial charge in [0, 0.05) is 31.7 Å². The summed E-state index contributed by atoms with van der Waals surface area (Å²) in [5, 5.41) is 8.61. The zero-order chi connectivity index (χ0) is 23.8. The van der Waals surface area contributed by atoms with Gasteiger partial charge in [-0.25, -0.2) is 8.42 Å². The van der Waals surface area contributed by atoms with E-state index in [9.17, 15) is 21.6 Å². The number of hydrogen-bond acceptors (Lipinski definition) is 5. The van der Waals surface area contributed by atoms with Crippen LogP contribution in [0.15, 0.2) is 59.5 Å². The van der Waals surface area contributed by atoms with Gasteiger partial charge >= 0.3 is 6.18 Å². The van der Waals surface area contributed by atoms with E-state index >= 15 is 0 Å². The molecule has 0 unspecified atom stereocenters. The van der Waals surface area contributed by atoms with Crippen molar-refractivity contribution in [2.75, 3.05) is 31.1 Å². The van der Waals surface area contributed by atoms with Gasteiger partial charge < -0.3 is 4.90 Å². The van der Waals surface area contributed by atoms with Crippen molar-refractivity contribution in [3.05, 3.63) is 71.3 Å². The van der Waals surface area contributed by atoms with Gasteiger partial charge in [-0.1, -0.05) is 18.2 Å². The number of nitrogens with zero attached hydrogens (tertiary/aromatic N) is 4. The first kappa shape index (κ1) is 23.2. The molecule has 1 aromatic heterocycles. The van der Waals surface area contributed by atoms with Crippen molar-refractivity contribution in [2.45, 2.75) is 24.9 Å². The lowest BCUT2D eigenvalue weighted by atomic mass is 10.0. The molecule has 0 atom stereocenters. The molecule has 2 heterocycles. The van der Waals surface area contributed by atoms with Gasteiger partial charge in [0.05, 0.1) is 16.2 Å². The zero-order valence-corrected chi connectivity index (χ0v) is 19.0. The van der Waals surface area contributed by atoms with Gasteiger partial charge in [-0.3, -0.25) is 0 Å². The number of alkyl halides is 3. The monoisotopic (exact) mass is 476 g/mol. The average Bonchev–Trinajstić information content (AvgIpc) is 2.81. The summed E-state index contributed by atoms with van der Waals surface area (Å²) in [5.74, 6) is 0.624. The smallest absolute Gasteiger partial charge is 0.352 e. The van der Waals surface area contributed by atoms with Gasteiger partial charge in [0.25, 0.3) is 0 Å². The second-order valence-electron chi connectivity index (χ2n) is 7.99. The number of aryl methyl sites for hydroxylation is 2. The Balaban J connectivity index is 1.45. The van der Waals surface area contributed by atoms with Gasteiger partial charge in [0.1, 0.15) is 0 Å². The minimum Gasteiger partial charge on any atom is -0.352 e. The van der Waals surface area contributed by atoms with Gasteiger partial charge in [0.15, 0.2) is 5.82 Å². The second-order valence-corrected chi connectivity index (χ2v) is 9.93. The predicted molar refractivity (Wildman–Crippen MR) is 119 cm³/mol. The fraction of sp³-hybridized carbons (Fsp3) is 0.304. The third-order valence-corrected chi connectivity index (χ3v) is 7.71. The van der Waals surface area contributed by atoms with Crippen LogP contribution in [0.4, 0.5) is 19.0 Å². The number of benzene rings is 2. The number of piperazine rings is 1. The Labute approximate surface area is 190 Å². The largest absolute Gasteiger partial charge is 0.416 e. The SMILES string of the molecule is Cc1ccc(-c2ccc(N3CCN(S(=O)(=O)c4cccc(C(F)(F)F)c4)CC3)nn2)cc1C. The molecule has 1 saturated heterocycles. The molecule has 0 bridgehead atoms. The predicted octanol–water partition coefficient (Wildman–Crippen LogP) is 4.29. The van der Waals surface area contributed by atoms with E-state index in [1.54, 1.807) is 0 Å². The van der Waals surface area contributed by atoms with E-state index in [1.165, 1.54) is 15.9 Å². The maximum atomic E-state index is 13.0. The molecule has 1 aliphatic heterocycles. The molecule has 0 saturated carbocycles. The van der Waals surface area contributed by atoms with Crippen LogP contribution in [0.3, 0.4) is 0 Å². The molecule has 1 aliphatic rings. The molecule has 0 amide bonds. The highest BCUT2D eigenvalue weighted by atomic mass is 32.2. The van der Waals surface area contributed by atoms with E-state index in [-0.39, 0.29) is 18.0 Å². The summed E-state index contributed by atoms with van der Waals surface area (Å²) in [4.78, 5) is 1.55. The molecule has 0 spiro atoms. The van der Waals surface area contributed by atoms with Crippen molar-refractivity contribution in [3.8, 4) is 11.3 Å². The number of rotatable bonds is 4. The van der Waals surface area contributed by atoms with Gasteiger partial charge in [-0.05, 0) is 61.4 Å². The highest BCUT2D eigenvalue weighted by Gasteiger charge is 2.34. The Morgan fingerprint density at radius 2 is 1.58 bits per heavy atom. The van der Waals surface area contributed by atoms with Gasteiger partial charge in [-0.2, -0.15) is 17.5 Å². The molecule has 4 rings (SSSR count). The minimum absolute atomic E-state index is 0.138. The molecular weight excluding hydrogens is 453 g/mol. The zero-order valence-electron chi connectivity index (χ0n) is 18.2. The fourth-order valence-corrected chi connectivity index (χ4v) is 5.16. The van der Waals surface area contributed by atoms with Crippen molar-refractivity contribution in [1.82, 2.24) is 14.5 Å². The Kier molecular flexibility index (Phi) is 6.15. The van der Waals surface area contributed by atoms with Crippen LogP contribution in [0, 0.1) is 13.8 Å². The standard InChI is InChI=1S/C23H23F3N4O2S/c1-16-6-7-18(14-17(16)2)21-8-9-22(28-27-21)29-10-12-30(13-11-29)33(31,32)20-5-3-4-19(15-20)23(24,25)26/h3-9,14-15H,10-13H2,1-2H3. The van der Waals surface area contributed by atoms with Crippen LogP contribution in [-0.2, 0) is 16.2 Å². The summed E-state index contributed by atoms with van der Waals surface area (Å²) < 4.78 is 65.9. The molecule has 0 N–H and O–H groups in total. The van der Waals surface area contributed by atoms with E-state index in [0.717, 1.165) is 29.0 Å². The third kappa shape index (κ3) is 4.86. The topological polar surface area (TPSA) is 66.4 Å². The summed E-state index contributed by atoms with van der Waals surface area (Å²) >= 11 is 0. The lowest BCUT2D eigenvalue weighted by Crippen LogP contribution is -2.49. The highest BCUT2D eigenvalue weighted by molar-refractivity contribution is 7.89. The number of hydrogen-bond donors (Lipinski definition) is 0. The molecule has 6 nitrogen and oxygen atoms in total. The van der Waals surface area contributed by atoms with Crippen molar-refractivity contribution in [2.24, 2.45) is 0 Å². The summed E-state index contributed by atoms with van der Waals surface area (Å²) in [7, 11) is -4.03. The fourth-order valence-electron chi connectivity index (χ4n) is 3.69. The summed E-state index contributed by atoms with van der Waals surface area (Å²) in [6.45, 7) is 5.07. The van der Waals surface area contributed by atoms with Crippen LogP contribution in [0.2, 0.25) is 0 Å². The Bertz CT molecular complexity index is 1250. The highest BCUT2D eigenvalue weighted by Crippen LogP contribution is 2.31. The number of aromatic nitrogens is 2. The van der Waals surface area contributed by atoms with E-state index < -0.39 is 21.8 Å². The van der Waals surface area contributed by atoms with Crippen LogP contribution in [0.25, 0.3) is 11.3 Å². The number of sulfonamides is 1. The summed E-state index contributed by atoms with van der Waals surface area (Å²) in [5.41, 5.74) is 3.08. The molecule has 3 aromatic rings. The van der Waals surface area contributed by atoms with Crippen molar-refractivity contribution >= 4 is 15.8 Å². The maximum Gasteiger partial charge on any atom is 0.416 e. The van der Waals surface area contributed by atoms with Crippen molar-refractivity contribution in [3.63, 3.8) is 0 Å². The summed E-state index contributed by atoms with van der Waals surface area (Å²) in [6.07, 6.45) is -4.60. The lowest BCUT2D eigenvalue weighted by Gasteiger charge is -2.34. The average molecular weight is 477 g/mol. The molecule has 10 heteroatoms. The third-order valence-electron chi connectivity index (χ3n) is 5.81. The minimum atomic E-state index is -4.60. The first-order chi connectivity index (χ1) is 15.6. The quantitative estimate of drug-likeness (QED) is 0.562. The first-order valence-electron chi connectivity index (χ1n) is 10.4. The maximum absolute atomic E-state index is 13.0. The van der Waals surface area contributed by atoms with Gasteiger partial charge in [0.2, 0.25) is 10.0 Å². The Morgan fingerprint density at radius 3 is 2.18 bits per heavy atom. The van der Waals surface area contributed by atoms with Gasteiger partial charge in [-0.15, -0.1) is 10.2 Å². The molecule has 2 aromatic carbocycles. The van der Waals surface area contributed by atoms with E-state index in [4.69, 9.17) is 0 Å².